The minimum absolute atomic E-state index is 0.0753. The molecule has 0 aliphatic heterocycles. The van der Waals surface area contributed by atoms with Crippen LogP contribution in [0.1, 0.15) is 335 Å². The van der Waals surface area contributed by atoms with E-state index in [0.717, 1.165) is 103 Å². The third-order valence-electron chi connectivity index (χ3n) is 14.4. The molecule has 0 saturated carbocycles. The second-order valence-electron chi connectivity index (χ2n) is 22.0. The summed E-state index contributed by atoms with van der Waals surface area (Å²) >= 11 is 0. The van der Waals surface area contributed by atoms with Gasteiger partial charge in [-0.1, -0.05) is 306 Å². The fourth-order valence-electron chi connectivity index (χ4n) is 9.51. The summed E-state index contributed by atoms with van der Waals surface area (Å²) in [7, 11) is 0. The number of hydrogen-bond acceptors (Lipinski definition) is 6. The largest absolute Gasteiger partial charge is 0.462 e. The van der Waals surface area contributed by atoms with Gasteiger partial charge < -0.3 is 14.2 Å². The molecule has 1 unspecified atom stereocenters. The highest BCUT2D eigenvalue weighted by atomic mass is 16.6. The van der Waals surface area contributed by atoms with Crippen molar-refractivity contribution in [1.82, 2.24) is 0 Å². The van der Waals surface area contributed by atoms with Crippen molar-refractivity contribution in [2.24, 2.45) is 0 Å². The Morgan fingerprint density at radius 2 is 0.526 bits per heavy atom. The van der Waals surface area contributed by atoms with E-state index in [-0.39, 0.29) is 31.1 Å². The average molecular weight is 1060 g/mol. The van der Waals surface area contributed by atoms with Gasteiger partial charge in [0.25, 0.3) is 0 Å². The highest BCUT2D eigenvalue weighted by Gasteiger charge is 2.19. The number of esters is 3. The lowest BCUT2D eigenvalue weighted by Crippen LogP contribution is -2.30. The molecule has 0 aromatic carbocycles. The van der Waals surface area contributed by atoms with Crippen LogP contribution in [0.15, 0.2) is 72.9 Å². The van der Waals surface area contributed by atoms with Crippen LogP contribution in [0.4, 0.5) is 0 Å². The molecule has 6 nitrogen and oxygen atoms in total. The van der Waals surface area contributed by atoms with E-state index >= 15 is 0 Å². The van der Waals surface area contributed by atoms with Crippen molar-refractivity contribution in [2.45, 2.75) is 341 Å². The van der Waals surface area contributed by atoms with Crippen LogP contribution in [0.3, 0.4) is 0 Å². The Kier molecular flexibility index (Phi) is 61.7. The maximum atomic E-state index is 12.9. The Morgan fingerprint density at radius 3 is 0.842 bits per heavy atom. The Hall–Kier alpha value is -3.15. The molecular weight excluding hydrogens is 937 g/mol. The average Bonchev–Trinajstić information content (AvgIpc) is 3.42. The van der Waals surface area contributed by atoms with Gasteiger partial charge in [0.1, 0.15) is 13.2 Å². The smallest absolute Gasteiger partial charge is 0.306 e. The topological polar surface area (TPSA) is 78.9 Å². The van der Waals surface area contributed by atoms with Crippen LogP contribution in [0.5, 0.6) is 0 Å². The number of ether oxygens (including phenoxy) is 3. The molecule has 0 rings (SSSR count). The molecular formula is C70H124O6. The maximum Gasteiger partial charge on any atom is 0.306 e. The van der Waals surface area contributed by atoms with Crippen molar-refractivity contribution < 1.29 is 28.6 Å². The molecule has 0 aliphatic carbocycles. The van der Waals surface area contributed by atoms with E-state index in [0.29, 0.717) is 19.3 Å². The van der Waals surface area contributed by atoms with Crippen LogP contribution in [0, 0.1) is 0 Å². The summed E-state index contributed by atoms with van der Waals surface area (Å²) in [6.45, 7) is 6.52. The Morgan fingerprint density at radius 1 is 0.276 bits per heavy atom. The lowest BCUT2D eigenvalue weighted by molar-refractivity contribution is -0.167. The van der Waals surface area contributed by atoms with Gasteiger partial charge in [-0.25, -0.2) is 0 Å². The zero-order valence-electron chi connectivity index (χ0n) is 50.5. The van der Waals surface area contributed by atoms with Crippen LogP contribution >= 0.6 is 0 Å². The summed E-state index contributed by atoms with van der Waals surface area (Å²) in [5, 5.41) is 0. The van der Waals surface area contributed by atoms with E-state index in [4.69, 9.17) is 14.2 Å². The number of hydrogen-bond donors (Lipinski definition) is 0. The number of carbonyl (C=O) groups is 3. The van der Waals surface area contributed by atoms with E-state index in [2.05, 4.69) is 93.7 Å². The summed E-state index contributed by atoms with van der Waals surface area (Å²) in [5.74, 6) is -0.871. The van der Waals surface area contributed by atoms with Crippen LogP contribution < -0.4 is 0 Å². The second-order valence-corrected chi connectivity index (χ2v) is 22.0. The van der Waals surface area contributed by atoms with Crippen molar-refractivity contribution in [3.63, 3.8) is 0 Å². The van der Waals surface area contributed by atoms with Gasteiger partial charge in [0.15, 0.2) is 6.10 Å². The van der Waals surface area contributed by atoms with Gasteiger partial charge >= 0.3 is 17.9 Å². The second kappa shape index (κ2) is 64.4. The van der Waals surface area contributed by atoms with Gasteiger partial charge in [-0.3, -0.25) is 14.4 Å². The van der Waals surface area contributed by atoms with Gasteiger partial charge in [-0.2, -0.15) is 0 Å². The van der Waals surface area contributed by atoms with E-state index in [1.165, 1.54) is 193 Å². The van der Waals surface area contributed by atoms with Crippen LogP contribution in [0.2, 0.25) is 0 Å². The first-order chi connectivity index (χ1) is 37.5. The monoisotopic (exact) mass is 1060 g/mol. The van der Waals surface area contributed by atoms with Gasteiger partial charge in [-0.05, 0) is 83.5 Å². The third-order valence-corrected chi connectivity index (χ3v) is 14.4. The van der Waals surface area contributed by atoms with Crippen LogP contribution in [-0.2, 0) is 28.6 Å². The highest BCUT2D eigenvalue weighted by Crippen LogP contribution is 2.17. The summed E-state index contributed by atoms with van der Waals surface area (Å²) in [5.41, 5.74) is 0. The SMILES string of the molecule is CC/C=C\C/C=C\C/C=C\C/C=C\CCCCCCCCCCCCCCCCCCC(=O)OCC(COC(=O)CCCCCCC/C=C\C/C=C\CCCC)OC(=O)CCCCCCCCCCCCCCCCC. The summed E-state index contributed by atoms with van der Waals surface area (Å²) < 4.78 is 16.9. The Balaban J connectivity index is 4.21. The van der Waals surface area contributed by atoms with E-state index < -0.39 is 6.10 Å². The minimum Gasteiger partial charge on any atom is -0.462 e. The molecule has 76 heavy (non-hydrogen) atoms. The molecule has 1 atom stereocenters. The predicted octanol–water partition coefficient (Wildman–Crippen LogP) is 22.5. The van der Waals surface area contributed by atoms with Crippen molar-refractivity contribution in [3.05, 3.63) is 72.9 Å². The fourth-order valence-corrected chi connectivity index (χ4v) is 9.51. The van der Waals surface area contributed by atoms with Gasteiger partial charge in [0.2, 0.25) is 0 Å². The first-order valence-electron chi connectivity index (χ1n) is 32.9. The number of allylic oxidation sites excluding steroid dienone is 12. The molecule has 0 aliphatic rings. The van der Waals surface area contributed by atoms with E-state index in [1.807, 2.05) is 0 Å². The molecule has 0 spiro atoms. The molecule has 6 heteroatoms. The normalized spacial score (nSPS) is 12.5. The first kappa shape index (κ1) is 72.8. The molecule has 0 aromatic rings. The fraction of sp³-hybridized carbons (Fsp3) is 0.786. The number of unbranched alkanes of at least 4 members (excludes halogenated alkanes) is 37. The zero-order chi connectivity index (χ0) is 55.0. The van der Waals surface area contributed by atoms with Crippen LogP contribution in [0.25, 0.3) is 0 Å². The maximum absolute atomic E-state index is 12.9. The molecule has 0 saturated heterocycles. The molecule has 440 valence electrons. The zero-order valence-corrected chi connectivity index (χ0v) is 50.5. The van der Waals surface area contributed by atoms with Crippen molar-refractivity contribution in [1.29, 1.82) is 0 Å². The Labute approximate surface area is 472 Å². The molecule has 0 amide bonds. The third kappa shape index (κ3) is 61.7. The lowest BCUT2D eigenvalue weighted by Gasteiger charge is -2.18. The lowest BCUT2D eigenvalue weighted by atomic mass is 10.0. The van der Waals surface area contributed by atoms with Crippen molar-refractivity contribution >= 4 is 17.9 Å². The molecule has 0 radical (unpaired) electrons. The van der Waals surface area contributed by atoms with E-state index in [9.17, 15) is 14.4 Å². The quantitative estimate of drug-likeness (QED) is 0.0261. The van der Waals surface area contributed by atoms with Crippen LogP contribution in [-0.4, -0.2) is 37.2 Å². The summed E-state index contributed by atoms with van der Waals surface area (Å²) in [4.78, 5) is 38.3. The van der Waals surface area contributed by atoms with Gasteiger partial charge in [-0.15, -0.1) is 0 Å². The standard InChI is InChI=1S/C70H124O6/c1-4-7-10-13-16-19-22-25-28-29-30-31-32-33-34-35-36-37-38-39-40-41-43-45-48-51-54-57-60-63-69(72)75-66-67(65-74-68(71)62-59-56-53-50-47-44-27-24-21-18-15-12-9-6-3)76-70(73)64-61-58-55-52-49-46-42-26-23-20-17-14-11-8-5-2/h7,10,15-16,18-19,24-25,27-28,30-31,67H,4-6,8-9,11-14,17,20-23,26,29,32-66H2,1-3H3/b10-7-,18-15-,19-16-,27-24-,28-25-,31-30-. The summed E-state index contributed by atoms with van der Waals surface area (Å²) in [6.07, 6.45) is 83.5. The molecule has 0 N–H and O–H groups in total. The predicted molar refractivity (Wildman–Crippen MR) is 330 cm³/mol. The van der Waals surface area contributed by atoms with Crippen molar-refractivity contribution in [2.75, 3.05) is 13.2 Å². The number of rotatable bonds is 60. The summed E-state index contributed by atoms with van der Waals surface area (Å²) in [6, 6.07) is 0. The van der Waals surface area contributed by atoms with Crippen molar-refractivity contribution in [3.8, 4) is 0 Å². The van der Waals surface area contributed by atoms with Gasteiger partial charge in [0.05, 0.1) is 0 Å². The molecule has 0 fully saturated rings. The molecule has 0 heterocycles. The molecule has 0 bridgehead atoms. The first-order valence-corrected chi connectivity index (χ1v) is 32.9. The Bertz CT molecular complexity index is 1400. The highest BCUT2D eigenvalue weighted by molar-refractivity contribution is 5.71. The van der Waals surface area contributed by atoms with Gasteiger partial charge in [0, 0.05) is 19.3 Å². The molecule has 0 aromatic heterocycles. The number of carbonyl (C=O) groups excluding carboxylic acids is 3. The minimum atomic E-state index is -0.778. The van der Waals surface area contributed by atoms with E-state index in [1.54, 1.807) is 0 Å².